The summed E-state index contributed by atoms with van der Waals surface area (Å²) in [6.45, 7) is 4.10. The van der Waals surface area contributed by atoms with Crippen LogP contribution in [0.3, 0.4) is 0 Å². The maximum absolute atomic E-state index is 11.2. The average Bonchev–Trinajstić information content (AvgIpc) is 2.35. The van der Waals surface area contributed by atoms with E-state index in [4.69, 9.17) is 5.11 Å². The Labute approximate surface area is 95.4 Å². The Hall–Kier alpha value is -1.61. The van der Waals surface area contributed by atoms with Crippen molar-refractivity contribution in [2.24, 2.45) is 0 Å². The van der Waals surface area contributed by atoms with Crippen LogP contribution in [0.5, 0.6) is 0 Å². The van der Waals surface area contributed by atoms with E-state index in [1.54, 1.807) is 12.1 Å². The predicted molar refractivity (Wildman–Crippen MR) is 63.1 cm³/mol. The number of ether oxygens (including phenoxy) is 1. The van der Waals surface area contributed by atoms with Crippen LogP contribution >= 0.6 is 0 Å². The molecule has 0 aliphatic carbocycles. The van der Waals surface area contributed by atoms with E-state index < -0.39 is 0 Å². The van der Waals surface area contributed by atoms with Gasteiger partial charge in [-0.1, -0.05) is 18.7 Å². The normalized spacial score (nSPS) is 9.88. The van der Waals surface area contributed by atoms with E-state index in [2.05, 4.69) is 11.3 Å². The maximum atomic E-state index is 11.2. The molecule has 0 saturated carbocycles. The van der Waals surface area contributed by atoms with E-state index in [-0.39, 0.29) is 12.6 Å². The smallest absolute Gasteiger partial charge is 0.337 e. The number of benzene rings is 1. The highest BCUT2D eigenvalue weighted by Gasteiger charge is 2.05. The summed E-state index contributed by atoms with van der Waals surface area (Å²) < 4.78 is 4.61. The van der Waals surface area contributed by atoms with E-state index in [0.29, 0.717) is 12.0 Å². The van der Waals surface area contributed by atoms with Crippen LogP contribution in [0.2, 0.25) is 0 Å². The summed E-state index contributed by atoms with van der Waals surface area (Å²) in [7, 11) is 1.36. The molecule has 0 atom stereocenters. The van der Waals surface area contributed by atoms with Crippen LogP contribution in [-0.2, 0) is 4.74 Å². The molecule has 16 heavy (non-hydrogen) atoms. The number of aliphatic hydroxyl groups excluding tert-OH is 1. The van der Waals surface area contributed by atoms with Gasteiger partial charge < -0.3 is 9.84 Å². The van der Waals surface area contributed by atoms with Gasteiger partial charge in [-0.3, -0.25) is 0 Å². The first-order chi connectivity index (χ1) is 7.69. The molecule has 0 aliphatic heterocycles. The second-order valence-electron chi connectivity index (χ2n) is 3.50. The monoisotopic (exact) mass is 220 g/mol. The number of esters is 1. The highest BCUT2D eigenvalue weighted by molar-refractivity contribution is 5.89. The predicted octanol–water partition coefficient (Wildman–Crippen LogP) is 2.26. The molecule has 0 bridgehead atoms. The zero-order valence-corrected chi connectivity index (χ0v) is 9.40. The van der Waals surface area contributed by atoms with Gasteiger partial charge in [-0.15, -0.1) is 0 Å². The van der Waals surface area contributed by atoms with Crippen molar-refractivity contribution in [1.29, 1.82) is 0 Å². The Kier molecular flexibility index (Phi) is 4.73. The van der Waals surface area contributed by atoms with Gasteiger partial charge in [-0.25, -0.2) is 4.79 Å². The Bertz CT molecular complexity index is 365. The molecule has 1 N–H and O–H groups in total. The lowest BCUT2D eigenvalue weighted by molar-refractivity contribution is 0.0600. The van der Waals surface area contributed by atoms with Crippen molar-refractivity contribution in [1.82, 2.24) is 0 Å². The number of carbonyl (C=O) groups excluding carboxylic acids is 1. The van der Waals surface area contributed by atoms with Crippen molar-refractivity contribution >= 4 is 11.5 Å². The van der Waals surface area contributed by atoms with Gasteiger partial charge in [0.15, 0.2) is 0 Å². The summed E-state index contributed by atoms with van der Waals surface area (Å²) in [5.41, 5.74) is 2.48. The van der Waals surface area contributed by atoms with Crippen LogP contribution < -0.4 is 0 Å². The van der Waals surface area contributed by atoms with E-state index >= 15 is 0 Å². The zero-order valence-electron chi connectivity index (χ0n) is 9.40. The zero-order chi connectivity index (χ0) is 12.0. The molecule has 1 rings (SSSR count). The fourth-order valence-electron chi connectivity index (χ4n) is 1.40. The first-order valence-electron chi connectivity index (χ1n) is 5.16. The third-order valence-corrected chi connectivity index (χ3v) is 2.35. The second-order valence-corrected chi connectivity index (χ2v) is 3.50. The van der Waals surface area contributed by atoms with Gasteiger partial charge in [0.1, 0.15) is 0 Å². The summed E-state index contributed by atoms with van der Waals surface area (Å²) in [5.74, 6) is -0.340. The van der Waals surface area contributed by atoms with Crippen molar-refractivity contribution in [3.63, 3.8) is 0 Å². The average molecular weight is 220 g/mol. The van der Waals surface area contributed by atoms with E-state index in [1.807, 2.05) is 12.1 Å². The van der Waals surface area contributed by atoms with E-state index in [9.17, 15) is 4.79 Å². The lowest BCUT2D eigenvalue weighted by Gasteiger charge is -2.05. The Morgan fingerprint density at radius 1 is 1.31 bits per heavy atom. The van der Waals surface area contributed by atoms with E-state index in [0.717, 1.165) is 17.6 Å². The summed E-state index contributed by atoms with van der Waals surface area (Å²) in [5, 5.41) is 8.71. The summed E-state index contributed by atoms with van der Waals surface area (Å²) >= 11 is 0. The maximum Gasteiger partial charge on any atom is 0.337 e. The lowest BCUT2D eigenvalue weighted by atomic mass is 10.0. The van der Waals surface area contributed by atoms with Crippen molar-refractivity contribution in [3.8, 4) is 0 Å². The van der Waals surface area contributed by atoms with Gasteiger partial charge in [0.25, 0.3) is 0 Å². The van der Waals surface area contributed by atoms with Gasteiger partial charge in [-0.2, -0.15) is 0 Å². The van der Waals surface area contributed by atoms with Crippen LogP contribution in [0.25, 0.3) is 5.57 Å². The summed E-state index contributed by atoms with van der Waals surface area (Å²) in [6.07, 6.45) is 1.46. The fourth-order valence-corrected chi connectivity index (χ4v) is 1.40. The van der Waals surface area contributed by atoms with Crippen molar-refractivity contribution < 1.29 is 14.6 Å². The van der Waals surface area contributed by atoms with E-state index in [1.165, 1.54) is 7.11 Å². The molecule has 0 amide bonds. The Morgan fingerprint density at radius 3 is 2.38 bits per heavy atom. The molecule has 0 aromatic heterocycles. The fraction of sp³-hybridized carbons (Fsp3) is 0.308. The molecule has 0 unspecified atom stereocenters. The van der Waals surface area contributed by atoms with Gasteiger partial charge in [0.2, 0.25) is 0 Å². The highest BCUT2D eigenvalue weighted by Crippen LogP contribution is 2.18. The van der Waals surface area contributed by atoms with Crippen molar-refractivity contribution in [2.75, 3.05) is 13.7 Å². The Morgan fingerprint density at radius 2 is 1.88 bits per heavy atom. The van der Waals surface area contributed by atoms with Crippen LogP contribution in [0.15, 0.2) is 30.8 Å². The highest BCUT2D eigenvalue weighted by atomic mass is 16.5. The molecule has 0 spiro atoms. The molecule has 1 aromatic carbocycles. The molecule has 0 aliphatic rings. The molecule has 3 nitrogen and oxygen atoms in total. The van der Waals surface area contributed by atoms with Gasteiger partial charge in [0.05, 0.1) is 12.7 Å². The SMILES string of the molecule is C=C(CCCO)c1ccc(C(=O)OC)cc1. The topological polar surface area (TPSA) is 46.5 Å². The first kappa shape index (κ1) is 12.5. The Balaban J connectivity index is 2.71. The number of aliphatic hydroxyl groups is 1. The number of allylic oxidation sites excluding steroid dienone is 1. The standard InChI is InChI=1S/C13H16O3/c1-10(4-3-9-14)11-5-7-12(8-6-11)13(15)16-2/h5-8,14H,1,3-4,9H2,2H3. The summed E-state index contributed by atoms with van der Waals surface area (Å²) in [6, 6.07) is 7.11. The van der Waals surface area contributed by atoms with Crippen molar-refractivity contribution in [2.45, 2.75) is 12.8 Å². The molecule has 0 radical (unpaired) electrons. The number of rotatable bonds is 5. The minimum Gasteiger partial charge on any atom is -0.465 e. The third kappa shape index (κ3) is 3.21. The molecule has 0 fully saturated rings. The quantitative estimate of drug-likeness (QED) is 0.774. The minimum atomic E-state index is -0.340. The van der Waals surface area contributed by atoms with Gasteiger partial charge in [-0.05, 0) is 36.1 Å². The number of methoxy groups -OCH3 is 1. The molecule has 0 heterocycles. The number of carbonyl (C=O) groups is 1. The molecule has 1 aromatic rings. The number of hydrogen-bond donors (Lipinski definition) is 1. The third-order valence-electron chi connectivity index (χ3n) is 2.35. The summed E-state index contributed by atoms with van der Waals surface area (Å²) in [4.78, 5) is 11.2. The van der Waals surface area contributed by atoms with Crippen molar-refractivity contribution in [3.05, 3.63) is 42.0 Å². The van der Waals surface area contributed by atoms with Crippen LogP contribution in [0.1, 0.15) is 28.8 Å². The molecular weight excluding hydrogens is 204 g/mol. The van der Waals surface area contributed by atoms with Gasteiger partial charge >= 0.3 is 5.97 Å². The molecule has 0 saturated heterocycles. The minimum absolute atomic E-state index is 0.166. The molecule has 86 valence electrons. The van der Waals surface area contributed by atoms with Gasteiger partial charge in [0, 0.05) is 6.61 Å². The number of hydrogen-bond acceptors (Lipinski definition) is 3. The molecule has 3 heteroatoms. The van der Waals surface area contributed by atoms with Crippen LogP contribution in [0.4, 0.5) is 0 Å². The lowest BCUT2D eigenvalue weighted by Crippen LogP contribution is -2.00. The molecular formula is C13H16O3. The second kappa shape index (κ2) is 6.08. The largest absolute Gasteiger partial charge is 0.465 e. The van der Waals surface area contributed by atoms with Crippen LogP contribution in [0, 0.1) is 0 Å². The van der Waals surface area contributed by atoms with Crippen LogP contribution in [-0.4, -0.2) is 24.8 Å². The first-order valence-corrected chi connectivity index (χ1v) is 5.16.